The lowest BCUT2D eigenvalue weighted by molar-refractivity contribution is 0.0898. The van der Waals surface area contributed by atoms with E-state index in [1.807, 2.05) is 0 Å². The summed E-state index contributed by atoms with van der Waals surface area (Å²) in [7, 11) is 2.07. The average molecular weight is 224 g/mol. The quantitative estimate of drug-likeness (QED) is 0.790. The van der Waals surface area contributed by atoms with Crippen molar-refractivity contribution in [3.8, 4) is 0 Å². The summed E-state index contributed by atoms with van der Waals surface area (Å²) in [6, 6.07) is 1.79. The Morgan fingerprint density at radius 2 is 2.06 bits per heavy atom. The summed E-state index contributed by atoms with van der Waals surface area (Å²) in [5, 5.41) is 3.31. The SMILES string of the molecule is CNCCC1CCCCN1C1CCC(C)C1. The maximum absolute atomic E-state index is 3.31. The third-order valence-electron chi connectivity index (χ3n) is 4.54. The Kier molecular flexibility index (Phi) is 4.66. The molecule has 1 heterocycles. The highest BCUT2D eigenvalue weighted by atomic mass is 15.2. The zero-order chi connectivity index (χ0) is 11.4. The fourth-order valence-electron chi connectivity index (χ4n) is 3.60. The van der Waals surface area contributed by atoms with Crippen molar-refractivity contribution in [1.82, 2.24) is 10.2 Å². The Morgan fingerprint density at radius 3 is 2.75 bits per heavy atom. The summed E-state index contributed by atoms with van der Waals surface area (Å²) in [6.45, 7) is 4.97. The zero-order valence-corrected chi connectivity index (χ0v) is 11.0. The van der Waals surface area contributed by atoms with E-state index in [1.165, 1.54) is 58.0 Å². The molecule has 16 heavy (non-hydrogen) atoms. The largest absolute Gasteiger partial charge is 0.320 e. The molecule has 2 aliphatic rings. The lowest BCUT2D eigenvalue weighted by Gasteiger charge is -2.40. The van der Waals surface area contributed by atoms with Crippen LogP contribution < -0.4 is 5.32 Å². The third kappa shape index (κ3) is 2.98. The predicted molar refractivity (Wildman–Crippen MR) is 69.7 cm³/mol. The van der Waals surface area contributed by atoms with Gasteiger partial charge in [-0.1, -0.05) is 13.3 Å². The predicted octanol–water partition coefficient (Wildman–Crippen LogP) is 2.64. The third-order valence-corrected chi connectivity index (χ3v) is 4.54. The van der Waals surface area contributed by atoms with Gasteiger partial charge in [0.1, 0.15) is 0 Å². The van der Waals surface area contributed by atoms with E-state index in [-0.39, 0.29) is 0 Å². The summed E-state index contributed by atoms with van der Waals surface area (Å²) >= 11 is 0. The Balaban J connectivity index is 1.88. The first-order chi connectivity index (χ1) is 7.81. The van der Waals surface area contributed by atoms with E-state index < -0.39 is 0 Å². The van der Waals surface area contributed by atoms with Crippen LogP contribution in [0, 0.1) is 5.92 Å². The van der Waals surface area contributed by atoms with Gasteiger partial charge in [-0.2, -0.15) is 0 Å². The second-order valence-corrected chi connectivity index (χ2v) is 5.85. The fourth-order valence-corrected chi connectivity index (χ4v) is 3.60. The van der Waals surface area contributed by atoms with Crippen LogP contribution in [0.3, 0.4) is 0 Å². The highest BCUT2D eigenvalue weighted by Crippen LogP contribution is 2.33. The first kappa shape index (κ1) is 12.4. The van der Waals surface area contributed by atoms with Crippen LogP contribution in [0.25, 0.3) is 0 Å². The molecular formula is C14H28N2. The lowest BCUT2D eigenvalue weighted by atomic mass is 9.96. The zero-order valence-electron chi connectivity index (χ0n) is 11.0. The van der Waals surface area contributed by atoms with Crippen molar-refractivity contribution in [3.05, 3.63) is 0 Å². The Bertz CT molecular complexity index is 205. The molecule has 2 heteroatoms. The smallest absolute Gasteiger partial charge is 0.0110 e. The first-order valence-corrected chi connectivity index (χ1v) is 7.21. The summed E-state index contributed by atoms with van der Waals surface area (Å²) in [5.41, 5.74) is 0. The molecule has 2 rings (SSSR count). The molecule has 0 radical (unpaired) electrons. The molecule has 0 bridgehead atoms. The van der Waals surface area contributed by atoms with Crippen LogP contribution in [0.5, 0.6) is 0 Å². The highest BCUT2D eigenvalue weighted by Gasteiger charge is 2.32. The summed E-state index contributed by atoms with van der Waals surface area (Å²) in [6.07, 6.45) is 10.0. The monoisotopic (exact) mass is 224 g/mol. The number of hydrogen-bond donors (Lipinski definition) is 1. The molecule has 0 amide bonds. The molecule has 2 fully saturated rings. The Morgan fingerprint density at radius 1 is 1.19 bits per heavy atom. The van der Waals surface area contributed by atoms with E-state index in [4.69, 9.17) is 0 Å². The van der Waals surface area contributed by atoms with Crippen LogP contribution in [0.2, 0.25) is 0 Å². The normalized spacial score (nSPS) is 36.8. The molecule has 2 nitrogen and oxygen atoms in total. The van der Waals surface area contributed by atoms with Gasteiger partial charge in [-0.3, -0.25) is 4.90 Å². The molecule has 3 atom stereocenters. The minimum Gasteiger partial charge on any atom is -0.320 e. The summed E-state index contributed by atoms with van der Waals surface area (Å²) < 4.78 is 0. The van der Waals surface area contributed by atoms with Crippen LogP contribution in [-0.4, -0.2) is 37.1 Å². The van der Waals surface area contributed by atoms with Gasteiger partial charge >= 0.3 is 0 Å². The van der Waals surface area contributed by atoms with Gasteiger partial charge in [-0.25, -0.2) is 0 Å². The molecule has 0 spiro atoms. The van der Waals surface area contributed by atoms with Crippen molar-refractivity contribution < 1.29 is 0 Å². The van der Waals surface area contributed by atoms with Gasteiger partial charge in [0.05, 0.1) is 0 Å². The van der Waals surface area contributed by atoms with Gasteiger partial charge < -0.3 is 5.32 Å². The number of nitrogens with zero attached hydrogens (tertiary/aromatic N) is 1. The Labute approximate surface area is 101 Å². The van der Waals surface area contributed by atoms with Crippen LogP contribution in [0.4, 0.5) is 0 Å². The number of piperidine rings is 1. The van der Waals surface area contributed by atoms with Crippen molar-refractivity contribution in [2.75, 3.05) is 20.1 Å². The molecule has 3 unspecified atom stereocenters. The minimum absolute atomic E-state index is 0.872. The maximum Gasteiger partial charge on any atom is 0.0110 e. The molecular weight excluding hydrogens is 196 g/mol. The van der Waals surface area contributed by atoms with Crippen molar-refractivity contribution in [2.24, 2.45) is 5.92 Å². The minimum atomic E-state index is 0.872. The molecule has 0 aromatic carbocycles. The van der Waals surface area contributed by atoms with E-state index in [9.17, 15) is 0 Å². The number of rotatable bonds is 4. The van der Waals surface area contributed by atoms with Crippen LogP contribution in [-0.2, 0) is 0 Å². The molecule has 94 valence electrons. The standard InChI is InChI=1S/C14H28N2/c1-12-6-7-14(11-12)16-10-4-3-5-13(16)8-9-15-2/h12-15H,3-11H2,1-2H3. The number of likely N-dealkylation sites (tertiary alicyclic amines) is 1. The lowest BCUT2D eigenvalue weighted by Crippen LogP contribution is -2.46. The molecule has 1 N–H and O–H groups in total. The van der Waals surface area contributed by atoms with Gasteiger partial charge in [0, 0.05) is 12.1 Å². The summed E-state index contributed by atoms with van der Waals surface area (Å²) in [5.74, 6) is 0.969. The molecule has 1 aliphatic carbocycles. The van der Waals surface area contributed by atoms with Gasteiger partial charge in [0.25, 0.3) is 0 Å². The van der Waals surface area contributed by atoms with Gasteiger partial charge in [-0.15, -0.1) is 0 Å². The molecule has 0 aromatic rings. The number of hydrogen-bond acceptors (Lipinski definition) is 2. The van der Waals surface area contributed by atoms with E-state index in [1.54, 1.807) is 0 Å². The highest BCUT2D eigenvalue weighted by molar-refractivity contribution is 4.87. The molecule has 1 saturated heterocycles. The number of nitrogens with one attached hydrogen (secondary N) is 1. The van der Waals surface area contributed by atoms with E-state index in [2.05, 4.69) is 24.2 Å². The van der Waals surface area contributed by atoms with E-state index in [0.29, 0.717) is 0 Å². The fraction of sp³-hybridized carbons (Fsp3) is 1.00. The van der Waals surface area contributed by atoms with Gasteiger partial charge in [-0.05, 0) is 64.6 Å². The summed E-state index contributed by atoms with van der Waals surface area (Å²) in [4.78, 5) is 2.85. The van der Waals surface area contributed by atoms with Crippen LogP contribution >= 0.6 is 0 Å². The van der Waals surface area contributed by atoms with Gasteiger partial charge in [0.15, 0.2) is 0 Å². The van der Waals surface area contributed by atoms with E-state index >= 15 is 0 Å². The molecule has 1 saturated carbocycles. The van der Waals surface area contributed by atoms with Crippen molar-refractivity contribution in [2.45, 2.75) is 64.0 Å². The Hall–Kier alpha value is -0.0800. The second-order valence-electron chi connectivity index (χ2n) is 5.85. The second kappa shape index (κ2) is 6.02. The first-order valence-electron chi connectivity index (χ1n) is 7.21. The van der Waals surface area contributed by atoms with E-state index in [0.717, 1.165) is 18.0 Å². The van der Waals surface area contributed by atoms with Gasteiger partial charge in [0.2, 0.25) is 0 Å². The molecule has 1 aliphatic heterocycles. The average Bonchev–Trinajstić information content (AvgIpc) is 2.73. The topological polar surface area (TPSA) is 15.3 Å². The molecule has 0 aromatic heterocycles. The van der Waals surface area contributed by atoms with Crippen LogP contribution in [0.15, 0.2) is 0 Å². The maximum atomic E-state index is 3.31. The van der Waals surface area contributed by atoms with Crippen molar-refractivity contribution in [1.29, 1.82) is 0 Å². The van der Waals surface area contributed by atoms with Crippen molar-refractivity contribution >= 4 is 0 Å². The van der Waals surface area contributed by atoms with Crippen LogP contribution in [0.1, 0.15) is 51.9 Å². The van der Waals surface area contributed by atoms with Crippen molar-refractivity contribution in [3.63, 3.8) is 0 Å².